The zero-order chi connectivity index (χ0) is 28.5. The molecular formula is C28H47B2BrN4O4. The Morgan fingerprint density at radius 2 is 1.21 bits per heavy atom. The van der Waals surface area contributed by atoms with Crippen LogP contribution in [-0.4, -0.2) is 61.4 Å². The van der Waals surface area contributed by atoms with Crippen LogP contribution in [0.25, 0.3) is 0 Å². The highest BCUT2D eigenvalue weighted by Gasteiger charge is 2.53. The molecule has 2 aliphatic carbocycles. The first kappa shape index (κ1) is 30.8. The number of nitrogens with zero attached hydrogens (tertiary/aromatic N) is 3. The second-order valence-corrected chi connectivity index (χ2v) is 14.6. The molecule has 2 aromatic heterocycles. The summed E-state index contributed by atoms with van der Waals surface area (Å²) in [5, 5.41) is 11.1. The molecule has 39 heavy (non-hydrogen) atoms. The van der Waals surface area contributed by atoms with Crippen molar-refractivity contribution in [2.24, 2.45) is 0 Å². The highest BCUT2D eigenvalue weighted by atomic mass is 79.9. The molecule has 6 rings (SSSR count). The quantitative estimate of drug-likeness (QED) is 0.377. The van der Waals surface area contributed by atoms with Crippen LogP contribution in [0, 0.1) is 0 Å². The molecule has 0 atom stereocenters. The highest BCUT2D eigenvalue weighted by molar-refractivity contribution is 9.09. The van der Waals surface area contributed by atoms with Crippen molar-refractivity contribution in [2.75, 3.05) is 0 Å². The maximum Gasteiger partial charge on any atom is 0.498 e. The van der Waals surface area contributed by atoms with Gasteiger partial charge in [-0.1, -0.05) is 41.6 Å². The molecule has 0 spiro atoms. The Bertz CT molecular complexity index is 1020. The monoisotopic (exact) mass is 604 g/mol. The minimum absolute atomic E-state index is 0.283. The lowest BCUT2D eigenvalue weighted by atomic mass is 9.82. The number of H-pyrrole nitrogens is 1. The average molecular weight is 605 g/mol. The summed E-state index contributed by atoms with van der Waals surface area (Å²) in [6, 6.07) is 0.566. The minimum atomic E-state index is -0.307. The SMILES string of the molecule is BrC1CCCC1.CC1(C)OB(c2cn[nH]c2)OC1(C)C.CC1(C)OB(c2cnn(C3CCCC3)c2)OC1(C)C. The lowest BCUT2D eigenvalue weighted by Crippen LogP contribution is -2.41. The Kier molecular flexibility index (Phi) is 9.48. The first-order chi connectivity index (χ1) is 18.2. The predicted molar refractivity (Wildman–Crippen MR) is 161 cm³/mol. The molecule has 2 aromatic rings. The number of alkyl halides is 1. The van der Waals surface area contributed by atoms with Gasteiger partial charge >= 0.3 is 14.2 Å². The van der Waals surface area contributed by atoms with E-state index in [9.17, 15) is 0 Å². The molecule has 4 aliphatic rings. The van der Waals surface area contributed by atoms with E-state index in [1.807, 2.05) is 33.9 Å². The molecule has 4 heterocycles. The van der Waals surface area contributed by atoms with Gasteiger partial charge in [0.05, 0.1) is 28.4 Å². The van der Waals surface area contributed by atoms with Gasteiger partial charge in [0.15, 0.2) is 0 Å². The molecule has 8 nitrogen and oxygen atoms in total. The van der Waals surface area contributed by atoms with Crippen molar-refractivity contribution in [1.29, 1.82) is 0 Å². The number of aromatic nitrogens is 4. The van der Waals surface area contributed by atoms with Gasteiger partial charge in [0.2, 0.25) is 0 Å². The number of hydrogen-bond acceptors (Lipinski definition) is 6. The van der Waals surface area contributed by atoms with Gasteiger partial charge < -0.3 is 18.6 Å². The predicted octanol–water partition coefficient (Wildman–Crippen LogP) is 5.33. The fraction of sp³-hybridized carbons (Fsp3) is 0.786. The largest absolute Gasteiger partial charge is 0.498 e. The molecule has 2 saturated heterocycles. The van der Waals surface area contributed by atoms with Crippen molar-refractivity contribution in [3.8, 4) is 0 Å². The normalized spacial score (nSPS) is 25.4. The summed E-state index contributed by atoms with van der Waals surface area (Å²) in [5.41, 5.74) is 0.832. The van der Waals surface area contributed by atoms with E-state index in [1.165, 1.54) is 51.4 Å². The third kappa shape index (κ3) is 7.21. The summed E-state index contributed by atoms with van der Waals surface area (Å²) < 4.78 is 25.8. The van der Waals surface area contributed by atoms with E-state index in [0.29, 0.717) is 6.04 Å². The zero-order valence-corrected chi connectivity index (χ0v) is 26.7. The Balaban J connectivity index is 0.000000154. The maximum atomic E-state index is 6.05. The minimum Gasteiger partial charge on any atom is -0.399 e. The van der Waals surface area contributed by atoms with E-state index >= 15 is 0 Å². The topological polar surface area (TPSA) is 83.4 Å². The molecule has 4 fully saturated rings. The first-order valence-electron chi connectivity index (χ1n) is 14.6. The molecule has 0 bridgehead atoms. The third-order valence-corrected chi connectivity index (χ3v) is 10.1. The third-order valence-electron chi connectivity index (χ3n) is 9.18. The number of rotatable bonds is 3. The van der Waals surface area contributed by atoms with Gasteiger partial charge in [-0.2, -0.15) is 10.2 Å². The van der Waals surface area contributed by atoms with E-state index in [1.54, 1.807) is 12.4 Å². The molecule has 2 saturated carbocycles. The second kappa shape index (κ2) is 12.0. The van der Waals surface area contributed by atoms with Gasteiger partial charge in [-0.15, -0.1) is 0 Å². The van der Waals surface area contributed by atoms with Crippen LogP contribution in [0.5, 0.6) is 0 Å². The van der Waals surface area contributed by atoms with Gasteiger partial charge in [0, 0.05) is 40.5 Å². The smallest absolute Gasteiger partial charge is 0.399 e. The molecule has 216 valence electrons. The molecule has 0 aromatic carbocycles. The summed E-state index contributed by atoms with van der Waals surface area (Å²) in [7, 11) is -0.598. The van der Waals surface area contributed by atoms with Crippen molar-refractivity contribution in [3.05, 3.63) is 24.8 Å². The maximum absolute atomic E-state index is 6.05. The van der Waals surface area contributed by atoms with Crippen molar-refractivity contribution in [3.63, 3.8) is 0 Å². The van der Waals surface area contributed by atoms with Gasteiger partial charge in [-0.25, -0.2) is 0 Å². The van der Waals surface area contributed by atoms with E-state index in [2.05, 4.69) is 69.8 Å². The van der Waals surface area contributed by atoms with Gasteiger partial charge in [0.25, 0.3) is 0 Å². The lowest BCUT2D eigenvalue weighted by Gasteiger charge is -2.32. The Hall–Kier alpha value is -1.13. The zero-order valence-electron chi connectivity index (χ0n) is 25.1. The number of halogens is 1. The fourth-order valence-corrected chi connectivity index (χ4v) is 5.71. The van der Waals surface area contributed by atoms with E-state index in [-0.39, 0.29) is 36.6 Å². The van der Waals surface area contributed by atoms with Crippen LogP contribution in [0.1, 0.15) is 113 Å². The summed E-state index contributed by atoms with van der Waals surface area (Å²) in [5.74, 6) is 0. The Labute approximate surface area is 244 Å². The van der Waals surface area contributed by atoms with E-state index < -0.39 is 0 Å². The molecular weight excluding hydrogens is 558 g/mol. The van der Waals surface area contributed by atoms with Crippen LogP contribution in [-0.2, 0) is 18.6 Å². The highest BCUT2D eigenvalue weighted by Crippen LogP contribution is 2.37. The Morgan fingerprint density at radius 1 is 0.744 bits per heavy atom. The van der Waals surface area contributed by atoms with Crippen molar-refractivity contribution < 1.29 is 18.6 Å². The molecule has 1 N–H and O–H groups in total. The fourth-order valence-electron chi connectivity index (χ4n) is 5.07. The van der Waals surface area contributed by atoms with Crippen LogP contribution >= 0.6 is 15.9 Å². The average Bonchev–Trinajstić information content (AvgIpc) is 3.66. The number of hydrogen-bond donors (Lipinski definition) is 1. The lowest BCUT2D eigenvalue weighted by molar-refractivity contribution is 0.00578. The number of nitrogens with one attached hydrogen (secondary N) is 1. The van der Waals surface area contributed by atoms with Gasteiger partial charge in [0.1, 0.15) is 0 Å². The second-order valence-electron chi connectivity index (χ2n) is 13.3. The molecule has 0 unspecified atom stereocenters. The van der Waals surface area contributed by atoms with Gasteiger partial charge in [-0.05, 0) is 81.1 Å². The standard InChI is InChI=1S/C14H23BN2O2.C9H15BN2O2.C5H9Br/c1-13(2)14(3,4)19-15(18-13)11-9-16-17(10-11)12-7-5-6-8-12;1-8(2)9(3,4)14-10(13-8)7-5-11-12-6-7;6-5-3-1-2-4-5/h9-10,12H,5-8H2,1-4H3;5-6H,1-4H3,(H,11,12);5H,1-4H2. The number of aromatic amines is 1. The summed E-state index contributed by atoms with van der Waals surface area (Å²) in [4.78, 5) is 0.859. The summed E-state index contributed by atoms with van der Waals surface area (Å²) in [6.45, 7) is 16.5. The van der Waals surface area contributed by atoms with Crippen LogP contribution in [0.3, 0.4) is 0 Å². The molecule has 0 radical (unpaired) electrons. The van der Waals surface area contributed by atoms with Crippen LogP contribution in [0.2, 0.25) is 0 Å². The molecule has 0 amide bonds. The van der Waals surface area contributed by atoms with Crippen molar-refractivity contribution in [2.45, 2.75) is 140 Å². The molecule has 11 heteroatoms. The van der Waals surface area contributed by atoms with Crippen molar-refractivity contribution >= 4 is 41.1 Å². The summed E-state index contributed by atoms with van der Waals surface area (Å²) >= 11 is 3.54. The molecule has 2 aliphatic heterocycles. The van der Waals surface area contributed by atoms with Gasteiger partial charge in [-0.3, -0.25) is 9.78 Å². The van der Waals surface area contributed by atoms with Crippen molar-refractivity contribution in [1.82, 2.24) is 20.0 Å². The summed E-state index contributed by atoms with van der Waals surface area (Å²) in [6.07, 6.45) is 18.3. The van der Waals surface area contributed by atoms with Crippen LogP contribution in [0.4, 0.5) is 0 Å². The van der Waals surface area contributed by atoms with E-state index in [0.717, 1.165) is 15.8 Å². The first-order valence-corrected chi connectivity index (χ1v) is 15.5. The van der Waals surface area contributed by atoms with E-state index in [4.69, 9.17) is 18.6 Å². The van der Waals surface area contributed by atoms with Crippen LogP contribution in [0.15, 0.2) is 24.8 Å². The Morgan fingerprint density at radius 3 is 1.62 bits per heavy atom. The van der Waals surface area contributed by atoms with Crippen LogP contribution < -0.4 is 10.9 Å².